The molecule has 4 aliphatic rings. The number of carbonyl (C=O) groups excluding carboxylic acids is 2. The standard InChI is InChI=1S/C57H90N4O19/c1-16-40-57(12,70)47(64)31(4)42(59-71)29(2)25-55(10,69)48(79-52-45(63)39(60(13)14)22-30(3)75-52)32(5)46(33(6)51(67)77-40)78-41-26-56(11,72-15)49(34(7)76-41)80-53(68)58-19-21-73-20-17-18-35-23-36-28-74-54(8,9)61-27-38(50(65)66)44(62)37(24-35)43(36)61/h23-24,27,29-34,39-42,45-49,52,63-64,69-70H,16-22,25-26,28H2,1-15H3,(H,58,68)(H,65,66)/t29-,30-,31+,32+,33-,34+,39+,40-,41+,42?,45-,46+,47-,48-,49+,52?,55-,56-,57-/m1/s1. The number of hydrogen-bond acceptors (Lipinski definition) is 20. The van der Waals surface area contributed by atoms with Crippen molar-refractivity contribution in [3.8, 4) is 0 Å². The van der Waals surface area contributed by atoms with Gasteiger partial charge in [0.05, 0.1) is 66.8 Å². The van der Waals surface area contributed by atoms with Crippen molar-refractivity contribution in [1.82, 2.24) is 14.8 Å². The van der Waals surface area contributed by atoms with Crippen molar-refractivity contribution in [2.45, 2.75) is 224 Å². The topological polar surface area (TPSA) is 302 Å². The zero-order valence-electron chi connectivity index (χ0n) is 49.3. The average molecular weight is 1140 g/mol. The van der Waals surface area contributed by atoms with Crippen LogP contribution in [-0.2, 0) is 66.2 Å². The summed E-state index contributed by atoms with van der Waals surface area (Å²) in [5.41, 5.74) is -4.63. The fourth-order valence-electron chi connectivity index (χ4n) is 12.6. The second kappa shape index (κ2) is 26.1. The van der Waals surface area contributed by atoms with Gasteiger partial charge in [-0.3, -0.25) is 9.59 Å². The number of esters is 1. The van der Waals surface area contributed by atoms with E-state index in [2.05, 4.69) is 10.5 Å². The summed E-state index contributed by atoms with van der Waals surface area (Å²) < 4.78 is 57.9. The lowest BCUT2D eigenvalue weighted by Gasteiger charge is -2.49. The molecule has 0 aliphatic carbocycles. The van der Waals surface area contributed by atoms with Gasteiger partial charge < -0.3 is 82.9 Å². The lowest BCUT2D eigenvalue weighted by molar-refractivity contribution is -0.318. The molecule has 23 nitrogen and oxygen atoms in total. The normalized spacial score (nSPS) is 38.1. The fourth-order valence-corrected chi connectivity index (χ4v) is 12.6. The molecule has 3 fully saturated rings. The average Bonchev–Trinajstić information content (AvgIpc) is 3.38. The Balaban J connectivity index is 1.16. The first-order valence-corrected chi connectivity index (χ1v) is 28.1. The van der Waals surface area contributed by atoms with Gasteiger partial charge in [0.1, 0.15) is 34.7 Å². The van der Waals surface area contributed by atoms with E-state index in [1.54, 1.807) is 59.1 Å². The number of cyclic esters (lactones) is 1. The van der Waals surface area contributed by atoms with Gasteiger partial charge in [-0.05, 0) is 119 Å². The molecule has 6 N–H and O–H groups in total. The number of pyridine rings is 1. The Kier molecular flexibility index (Phi) is 21.2. The van der Waals surface area contributed by atoms with Crippen molar-refractivity contribution in [2.24, 2.45) is 28.8 Å². The summed E-state index contributed by atoms with van der Waals surface area (Å²) in [5.74, 6) is -5.92. The molecule has 1 aromatic heterocycles. The van der Waals surface area contributed by atoms with E-state index in [1.165, 1.54) is 27.2 Å². The molecular weight excluding hydrogens is 1040 g/mol. The Hall–Kier alpha value is -4.24. The second-order valence-corrected chi connectivity index (χ2v) is 24.3. The molecular formula is C57H90N4O19. The van der Waals surface area contributed by atoms with Gasteiger partial charge in [-0.2, -0.15) is 4.91 Å². The number of aliphatic hydroxyl groups is 4. The maximum atomic E-state index is 14.5. The Morgan fingerprint density at radius 1 is 0.938 bits per heavy atom. The lowest BCUT2D eigenvalue weighted by Crippen LogP contribution is -2.61. The van der Waals surface area contributed by atoms with Gasteiger partial charge in [0, 0.05) is 61.7 Å². The highest BCUT2D eigenvalue weighted by atomic mass is 16.7. The number of rotatable bonds is 17. The van der Waals surface area contributed by atoms with E-state index in [0.29, 0.717) is 36.8 Å². The quantitative estimate of drug-likeness (QED) is 0.0692. The van der Waals surface area contributed by atoms with Gasteiger partial charge >= 0.3 is 18.0 Å². The fraction of sp³-hybridized carbons (Fsp3) is 0.789. The van der Waals surface area contributed by atoms with Crippen molar-refractivity contribution >= 4 is 28.9 Å². The van der Waals surface area contributed by atoms with Gasteiger partial charge in [0.15, 0.2) is 18.7 Å². The molecule has 19 atom stereocenters. The molecule has 3 saturated heterocycles. The van der Waals surface area contributed by atoms with E-state index in [1.807, 2.05) is 45.8 Å². The van der Waals surface area contributed by atoms with Crippen LogP contribution >= 0.6 is 0 Å². The second-order valence-electron chi connectivity index (χ2n) is 24.3. The van der Waals surface area contributed by atoms with Crippen LogP contribution < -0.4 is 10.7 Å². The number of nitrogens with zero attached hydrogens (tertiary/aromatic N) is 3. The molecule has 5 heterocycles. The van der Waals surface area contributed by atoms with Gasteiger partial charge in [-0.1, -0.05) is 38.9 Å². The van der Waals surface area contributed by atoms with Crippen LogP contribution in [0, 0.1) is 28.6 Å². The Morgan fingerprint density at radius 2 is 1.62 bits per heavy atom. The van der Waals surface area contributed by atoms with Crippen LogP contribution in [0.1, 0.15) is 137 Å². The third kappa shape index (κ3) is 14.0. The number of nitrogens with one attached hydrogen (secondary N) is 1. The molecule has 4 aliphatic heterocycles. The summed E-state index contributed by atoms with van der Waals surface area (Å²) in [6, 6.07) is 2.16. The number of aromatic nitrogens is 1. The minimum absolute atomic E-state index is 0.0328. The van der Waals surface area contributed by atoms with Gasteiger partial charge in [-0.15, -0.1) is 0 Å². The number of carboxylic acids is 1. The number of amides is 1. The lowest BCUT2D eigenvalue weighted by atomic mass is 9.72. The minimum atomic E-state index is -2.05. The van der Waals surface area contributed by atoms with E-state index >= 15 is 0 Å². The van der Waals surface area contributed by atoms with E-state index < -0.39 is 131 Å². The van der Waals surface area contributed by atoms with E-state index in [0.717, 1.165) is 11.1 Å². The molecule has 0 bridgehead atoms. The zero-order chi connectivity index (χ0) is 59.6. The molecule has 2 unspecified atom stereocenters. The van der Waals surface area contributed by atoms with Crippen molar-refractivity contribution in [3.05, 3.63) is 50.2 Å². The van der Waals surface area contributed by atoms with Crippen LogP contribution in [0.2, 0.25) is 0 Å². The van der Waals surface area contributed by atoms with Crippen molar-refractivity contribution in [1.29, 1.82) is 0 Å². The zero-order valence-corrected chi connectivity index (χ0v) is 49.3. The number of aryl methyl sites for hydroxylation is 1. The summed E-state index contributed by atoms with van der Waals surface area (Å²) in [4.78, 5) is 67.7. The maximum Gasteiger partial charge on any atom is 0.407 e. The van der Waals surface area contributed by atoms with Crippen LogP contribution in [0.4, 0.5) is 4.79 Å². The number of nitroso groups, excluding NO2 is 1. The molecule has 80 heavy (non-hydrogen) atoms. The molecule has 1 aromatic carbocycles. The van der Waals surface area contributed by atoms with E-state index in [-0.39, 0.29) is 56.7 Å². The highest BCUT2D eigenvalue weighted by Crippen LogP contribution is 2.43. The molecule has 23 heteroatoms. The van der Waals surface area contributed by atoms with E-state index in [9.17, 15) is 49.6 Å². The smallest absolute Gasteiger partial charge is 0.407 e. The number of methoxy groups -OCH3 is 1. The molecule has 452 valence electrons. The summed E-state index contributed by atoms with van der Waals surface area (Å²) in [6.45, 7) is 20.8. The highest BCUT2D eigenvalue weighted by molar-refractivity contribution is 5.94. The maximum absolute atomic E-state index is 14.5. The Labute approximate surface area is 469 Å². The number of likely N-dealkylation sites (N-methyl/N-ethyl adjacent to an activating group) is 1. The molecule has 6 rings (SSSR count). The first-order chi connectivity index (χ1) is 37.3. The number of benzene rings is 1. The number of ether oxygens (including phenoxy) is 9. The number of aromatic carboxylic acids is 1. The third-order valence-corrected chi connectivity index (χ3v) is 17.3. The summed E-state index contributed by atoms with van der Waals surface area (Å²) >= 11 is 0. The van der Waals surface area contributed by atoms with E-state index in [4.69, 9.17) is 42.6 Å². The predicted octanol–water partition coefficient (Wildman–Crippen LogP) is 4.97. The van der Waals surface area contributed by atoms with Crippen LogP contribution in [0.5, 0.6) is 0 Å². The highest BCUT2D eigenvalue weighted by Gasteiger charge is 2.55. The van der Waals surface area contributed by atoms with Crippen LogP contribution in [-0.4, -0.2) is 184 Å². The predicted molar refractivity (Wildman–Crippen MR) is 292 cm³/mol. The number of hydrogen-bond donors (Lipinski definition) is 6. The molecule has 0 spiro atoms. The summed E-state index contributed by atoms with van der Waals surface area (Å²) in [5, 5.41) is 64.3. The van der Waals surface area contributed by atoms with Crippen molar-refractivity contribution in [2.75, 3.05) is 41.0 Å². The first-order valence-electron chi connectivity index (χ1n) is 28.1. The summed E-state index contributed by atoms with van der Waals surface area (Å²) in [6.07, 6.45) is -9.06. The Morgan fingerprint density at radius 3 is 2.25 bits per heavy atom. The Bertz CT molecular complexity index is 2540. The number of alkyl carbamates (subject to hydrolysis) is 1. The van der Waals surface area contributed by atoms with Crippen LogP contribution in [0.25, 0.3) is 10.9 Å². The van der Waals surface area contributed by atoms with Crippen molar-refractivity contribution < 1.29 is 82.5 Å². The number of carboxylic acid groups (broad SMARTS) is 1. The molecule has 2 aromatic rings. The number of carbonyl (C=O) groups is 3. The third-order valence-electron chi connectivity index (χ3n) is 17.3. The van der Waals surface area contributed by atoms with Gasteiger partial charge in [0.2, 0.25) is 5.43 Å². The van der Waals surface area contributed by atoms with Gasteiger partial charge in [-0.25, -0.2) is 9.59 Å². The summed E-state index contributed by atoms with van der Waals surface area (Å²) in [7, 11) is 5.12. The largest absolute Gasteiger partial charge is 0.477 e. The van der Waals surface area contributed by atoms with Crippen LogP contribution in [0.15, 0.2) is 28.3 Å². The minimum Gasteiger partial charge on any atom is -0.477 e. The monoisotopic (exact) mass is 1130 g/mol. The SMILES string of the molecule is CC[C@H]1OC(=O)[C@H](C)[C@@H](O[C@H]2C[C@@](C)(OC)[C@@H](OC(=O)NCCOCCCc3cc4c5c(c3)c(=O)c(C(=O)O)cn5C(C)(C)OC4)[C@H](C)O2)[C@H](C)[C@@H](OC2O[C@H](C)C[C@H](N(C)C)[C@H]2O)[C@](C)(O)C[C@@H](C)C(N=O)[C@H](C)[C@@H](O)[C@]1(C)O. The van der Waals surface area contributed by atoms with Crippen LogP contribution in [0.3, 0.4) is 0 Å². The molecule has 0 radical (unpaired) electrons. The molecule has 1 amide bonds. The first kappa shape index (κ1) is 64.9. The number of aliphatic hydroxyl groups excluding tert-OH is 2. The van der Waals surface area contributed by atoms with Crippen molar-refractivity contribution in [3.63, 3.8) is 0 Å². The molecule has 0 saturated carbocycles. The van der Waals surface area contributed by atoms with Gasteiger partial charge in [0.25, 0.3) is 0 Å².